The molecular weight excluding hydrogens is 969 g/mol. The maximum Gasteiger partial charge on any atom is 0.246 e. The van der Waals surface area contributed by atoms with Crippen LogP contribution in [0.3, 0.4) is 0 Å². The Kier molecular flexibility index (Phi) is 20.2. The SMILES string of the molecule is Cc1ncsc1-c1ccc(CNC(=O)C2CC(O)CN2C(=O)C(NC(=O)COCCOCCOCCOCCOCCNc2ccc(-c3ccc(-c4nc5ccc(N(C)C)cc5s4)cc3)cn2)C(C)(C)C)cc1. The highest BCUT2D eigenvalue weighted by Crippen LogP contribution is 2.34. The van der Waals surface area contributed by atoms with Crippen LogP contribution in [0.5, 0.6) is 0 Å². The topological polar surface area (TPSA) is 199 Å². The first-order valence-corrected chi connectivity index (χ1v) is 26.3. The van der Waals surface area contributed by atoms with Gasteiger partial charge in [0.05, 0.1) is 91.9 Å². The molecule has 390 valence electrons. The van der Waals surface area contributed by atoms with Gasteiger partial charge < -0.3 is 54.5 Å². The lowest BCUT2D eigenvalue weighted by molar-refractivity contribution is -0.144. The number of aliphatic hydroxyl groups is 1. The number of amides is 3. The van der Waals surface area contributed by atoms with Gasteiger partial charge in [-0.25, -0.2) is 15.0 Å². The summed E-state index contributed by atoms with van der Waals surface area (Å²) in [5.74, 6) is -0.508. The molecule has 4 N–H and O–H groups in total. The van der Waals surface area contributed by atoms with Crippen LogP contribution < -0.4 is 20.9 Å². The number of aromatic nitrogens is 3. The van der Waals surface area contributed by atoms with E-state index in [1.807, 2.05) is 83.8 Å². The number of carbonyl (C=O) groups is 3. The van der Waals surface area contributed by atoms with Crippen molar-refractivity contribution in [3.63, 3.8) is 0 Å². The molecule has 1 fully saturated rings. The molecule has 3 aromatic carbocycles. The molecule has 1 saturated heterocycles. The van der Waals surface area contributed by atoms with Crippen molar-refractivity contribution in [3.05, 3.63) is 102 Å². The zero-order chi connectivity index (χ0) is 51.7. The van der Waals surface area contributed by atoms with E-state index in [2.05, 4.69) is 79.3 Å². The number of hydrogen-bond donors (Lipinski definition) is 4. The maximum absolute atomic E-state index is 13.9. The lowest BCUT2D eigenvalue weighted by Crippen LogP contribution is -2.58. The molecule has 0 spiro atoms. The van der Waals surface area contributed by atoms with Gasteiger partial charge in [-0.3, -0.25) is 14.4 Å². The van der Waals surface area contributed by atoms with Crippen LogP contribution >= 0.6 is 22.7 Å². The van der Waals surface area contributed by atoms with Gasteiger partial charge in [0.15, 0.2) is 0 Å². The Labute approximate surface area is 435 Å². The summed E-state index contributed by atoms with van der Waals surface area (Å²) in [6.07, 6.45) is 1.10. The Bertz CT molecular complexity index is 2690. The molecular formula is C54H68N8O9S2. The summed E-state index contributed by atoms with van der Waals surface area (Å²) in [5.41, 5.74) is 9.42. The summed E-state index contributed by atoms with van der Waals surface area (Å²) in [5, 5.41) is 20.6. The highest BCUT2D eigenvalue weighted by molar-refractivity contribution is 7.21. The molecule has 0 bridgehead atoms. The minimum Gasteiger partial charge on any atom is -0.391 e. The van der Waals surface area contributed by atoms with Crippen molar-refractivity contribution in [1.29, 1.82) is 0 Å². The molecule has 17 nitrogen and oxygen atoms in total. The molecule has 7 rings (SSSR count). The van der Waals surface area contributed by atoms with E-state index in [0.29, 0.717) is 52.8 Å². The van der Waals surface area contributed by atoms with E-state index in [1.54, 1.807) is 22.7 Å². The van der Waals surface area contributed by atoms with Gasteiger partial charge >= 0.3 is 0 Å². The van der Waals surface area contributed by atoms with Gasteiger partial charge in [0.25, 0.3) is 0 Å². The number of aliphatic hydroxyl groups excluding tert-OH is 1. The molecule has 19 heteroatoms. The van der Waals surface area contributed by atoms with Crippen molar-refractivity contribution < 1.29 is 43.2 Å². The number of anilines is 2. The van der Waals surface area contributed by atoms with E-state index in [0.717, 1.165) is 60.4 Å². The fraction of sp³-hybridized carbons (Fsp3) is 0.444. The molecule has 3 atom stereocenters. The predicted octanol–water partition coefficient (Wildman–Crippen LogP) is 6.83. The number of carbonyl (C=O) groups excluding carboxylic acids is 3. The molecule has 1 aliphatic heterocycles. The Balaban J connectivity index is 0.684. The van der Waals surface area contributed by atoms with Gasteiger partial charge in [-0.15, -0.1) is 22.7 Å². The summed E-state index contributed by atoms with van der Waals surface area (Å²) in [7, 11) is 4.08. The molecule has 3 unspecified atom stereocenters. The number of pyridine rings is 1. The van der Waals surface area contributed by atoms with Crippen LogP contribution in [-0.2, 0) is 44.6 Å². The molecule has 0 saturated carbocycles. The first-order valence-electron chi connectivity index (χ1n) is 24.6. The summed E-state index contributed by atoms with van der Waals surface area (Å²) in [6, 6.07) is 24.8. The Morgan fingerprint density at radius 2 is 1.42 bits per heavy atom. The van der Waals surface area contributed by atoms with Gasteiger partial charge in [0.1, 0.15) is 29.5 Å². The fourth-order valence-electron chi connectivity index (χ4n) is 8.07. The third kappa shape index (κ3) is 16.0. The Morgan fingerprint density at radius 1 is 0.795 bits per heavy atom. The molecule has 0 radical (unpaired) electrons. The number of benzene rings is 3. The van der Waals surface area contributed by atoms with Gasteiger partial charge in [0, 0.05) is 63.2 Å². The predicted molar refractivity (Wildman–Crippen MR) is 287 cm³/mol. The zero-order valence-corrected chi connectivity index (χ0v) is 44.2. The second-order valence-corrected chi connectivity index (χ2v) is 20.8. The van der Waals surface area contributed by atoms with Crippen LogP contribution in [0.15, 0.2) is 90.6 Å². The van der Waals surface area contributed by atoms with Crippen molar-refractivity contribution in [2.75, 3.05) is 103 Å². The molecule has 6 aromatic rings. The van der Waals surface area contributed by atoms with E-state index in [9.17, 15) is 19.5 Å². The minimum absolute atomic E-state index is 0.0125. The van der Waals surface area contributed by atoms with E-state index < -0.39 is 35.4 Å². The first kappa shape index (κ1) is 54.9. The summed E-state index contributed by atoms with van der Waals surface area (Å²) in [6.45, 7) is 11.4. The first-order chi connectivity index (χ1) is 35.2. The summed E-state index contributed by atoms with van der Waals surface area (Å²) in [4.78, 5) is 58.6. The van der Waals surface area contributed by atoms with Crippen molar-refractivity contribution >= 4 is 62.1 Å². The van der Waals surface area contributed by atoms with E-state index in [4.69, 9.17) is 28.7 Å². The standard InChI is InChI=1S/C54H68N8O9S2/c1-36-49(72-35-58-36)39-9-7-37(8-10-39)31-57-51(65)45-30-43(63)33-62(45)53(66)50(54(2,3)4)60-48(64)34-71-28-27-70-26-25-69-24-23-68-22-21-67-20-19-55-47-18-15-41(32-56-47)38-11-13-40(14-12-38)52-59-44-17-16-42(61(5)6)29-46(44)73-52/h7-18,29,32,35,43,45,50,63H,19-28,30-31,33-34H2,1-6H3,(H,55,56)(H,57,65)(H,60,64). The van der Waals surface area contributed by atoms with Crippen molar-refractivity contribution in [2.24, 2.45) is 5.41 Å². The lowest BCUT2D eigenvalue weighted by Gasteiger charge is -2.35. The number of aryl methyl sites for hydroxylation is 1. The highest BCUT2D eigenvalue weighted by atomic mass is 32.1. The van der Waals surface area contributed by atoms with E-state index >= 15 is 0 Å². The highest BCUT2D eigenvalue weighted by Gasteiger charge is 2.44. The number of nitrogens with zero attached hydrogens (tertiary/aromatic N) is 5. The Morgan fingerprint density at radius 3 is 2.04 bits per heavy atom. The van der Waals surface area contributed by atoms with Crippen LogP contribution in [0.2, 0.25) is 0 Å². The number of hydrogen-bond acceptors (Lipinski definition) is 16. The van der Waals surface area contributed by atoms with Crippen LogP contribution in [0.1, 0.15) is 38.4 Å². The Hall–Kier alpha value is -5.90. The number of β-amino-alcohol motifs (C(OH)–C–C–N with tert-alkyl or cyclic N) is 1. The number of nitrogens with one attached hydrogen (secondary N) is 3. The number of thiazole rings is 2. The number of ether oxygens (including phenoxy) is 5. The second kappa shape index (κ2) is 26.9. The molecule has 4 heterocycles. The van der Waals surface area contributed by atoms with Gasteiger partial charge in [-0.1, -0.05) is 69.3 Å². The van der Waals surface area contributed by atoms with Crippen molar-refractivity contribution in [2.45, 2.75) is 58.8 Å². The maximum atomic E-state index is 13.9. The molecule has 0 aliphatic carbocycles. The number of fused-ring (bicyclic) bond motifs is 1. The van der Waals surface area contributed by atoms with Crippen molar-refractivity contribution in [3.8, 4) is 32.1 Å². The van der Waals surface area contributed by atoms with E-state index in [-0.39, 0.29) is 45.2 Å². The van der Waals surface area contributed by atoms with Crippen molar-refractivity contribution in [1.82, 2.24) is 30.5 Å². The van der Waals surface area contributed by atoms with Crippen LogP contribution in [-0.4, -0.2) is 154 Å². The third-order valence-electron chi connectivity index (χ3n) is 12.1. The smallest absolute Gasteiger partial charge is 0.246 e. The average molecular weight is 1040 g/mol. The number of likely N-dealkylation sites (tertiary alicyclic amines) is 1. The van der Waals surface area contributed by atoms with Gasteiger partial charge in [0.2, 0.25) is 17.7 Å². The normalized spacial score (nSPS) is 15.1. The van der Waals surface area contributed by atoms with Crippen LogP contribution in [0, 0.1) is 12.3 Å². The monoisotopic (exact) mass is 1040 g/mol. The largest absolute Gasteiger partial charge is 0.391 e. The molecule has 73 heavy (non-hydrogen) atoms. The average Bonchev–Trinajstić information content (AvgIpc) is 4.13. The fourth-order valence-corrected chi connectivity index (χ4v) is 9.88. The quantitative estimate of drug-likeness (QED) is 0.0392. The number of rotatable bonds is 27. The molecule has 3 amide bonds. The van der Waals surface area contributed by atoms with Crippen LogP contribution in [0.4, 0.5) is 11.5 Å². The van der Waals surface area contributed by atoms with Gasteiger partial charge in [-0.05, 0) is 59.4 Å². The second-order valence-electron chi connectivity index (χ2n) is 18.9. The third-order valence-corrected chi connectivity index (χ3v) is 14.1. The van der Waals surface area contributed by atoms with Crippen LogP contribution in [0.25, 0.3) is 42.4 Å². The molecule has 3 aromatic heterocycles. The zero-order valence-electron chi connectivity index (χ0n) is 42.6. The lowest BCUT2D eigenvalue weighted by atomic mass is 9.85. The molecule has 1 aliphatic rings. The van der Waals surface area contributed by atoms with E-state index in [1.165, 1.54) is 9.60 Å². The van der Waals surface area contributed by atoms with Gasteiger partial charge in [-0.2, -0.15) is 0 Å². The summed E-state index contributed by atoms with van der Waals surface area (Å²) >= 11 is 3.27. The summed E-state index contributed by atoms with van der Waals surface area (Å²) < 4.78 is 29.1. The minimum atomic E-state index is -0.959.